The molecule has 0 bridgehead atoms. The highest BCUT2D eigenvalue weighted by molar-refractivity contribution is 7.20. The van der Waals surface area contributed by atoms with Gasteiger partial charge in [0.1, 0.15) is 5.60 Å². The highest BCUT2D eigenvalue weighted by atomic mass is 32.1. The standard InChI is InChI=1S/C19H24N2O3S/c22-18(17-11-15-5-1-2-6-16(15)25-17)21-9-10-24-14-19(23,13-21)12-20-7-3-4-8-20/h1-2,5-6,11,23H,3-4,7-10,12-14H2/t19-/m1/s1. The van der Waals surface area contributed by atoms with Gasteiger partial charge in [0.2, 0.25) is 0 Å². The average molecular weight is 360 g/mol. The number of amides is 1. The largest absolute Gasteiger partial charge is 0.384 e. The Hall–Kier alpha value is -1.47. The van der Waals surface area contributed by atoms with Crippen molar-refractivity contribution in [3.05, 3.63) is 35.2 Å². The van der Waals surface area contributed by atoms with Crippen molar-refractivity contribution in [3.63, 3.8) is 0 Å². The van der Waals surface area contributed by atoms with Crippen LogP contribution >= 0.6 is 11.3 Å². The molecule has 5 nitrogen and oxygen atoms in total. The van der Waals surface area contributed by atoms with Gasteiger partial charge in [0, 0.05) is 17.8 Å². The highest BCUT2D eigenvalue weighted by Gasteiger charge is 2.37. The number of β-amino-alcohol motifs (C(OH)–C–C–N with tert-alkyl or cyclic N) is 1. The summed E-state index contributed by atoms with van der Waals surface area (Å²) in [7, 11) is 0. The summed E-state index contributed by atoms with van der Waals surface area (Å²) in [5.41, 5.74) is -0.993. The fourth-order valence-corrected chi connectivity index (χ4v) is 4.82. The van der Waals surface area contributed by atoms with Gasteiger partial charge in [-0.05, 0) is 43.5 Å². The van der Waals surface area contributed by atoms with Crippen molar-refractivity contribution in [1.82, 2.24) is 9.80 Å². The van der Waals surface area contributed by atoms with E-state index >= 15 is 0 Å². The molecule has 6 heteroatoms. The molecule has 1 aromatic carbocycles. The third-order valence-electron chi connectivity index (χ3n) is 5.00. The lowest BCUT2D eigenvalue weighted by Gasteiger charge is -2.33. The molecule has 134 valence electrons. The second-order valence-electron chi connectivity index (χ2n) is 7.14. The Balaban J connectivity index is 1.52. The maximum atomic E-state index is 13.0. The molecule has 0 saturated carbocycles. The van der Waals surface area contributed by atoms with Crippen molar-refractivity contribution >= 4 is 27.3 Å². The van der Waals surface area contributed by atoms with Crippen LogP contribution in [0.3, 0.4) is 0 Å². The van der Waals surface area contributed by atoms with Gasteiger partial charge in [-0.25, -0.2) is 0 Å². The molecule has 2 aliphatic rings. The number of rotatable bonds is 3. The van der Waals surface area contributed by atoms with E-state index in [1.165, 1.54) is 24.2 Å². The van der Waals surface area contributed by atoms with Gasteiger partial charge in [0.05, 0.1) is 24.6 Å². The van der Waals surface area contributed by atoms with E-state index in [-0.39, 0.29) is 5.91 Å². The molecule has 0 spiro atoms. The number of nitrogens with zero attached hydrogens (tertiary/aromatic N) is 2. The molecular formula is C19H24N2O3S. The van der Waals surface area contributed by atoms with Gasteiger partial charge in [-0.3, -0.25) is 4.79 Å². The van der Waals surface area contributed by atoms with Gasteiger partial charge < -0.3 is 19.6 Å². The number of fused-ring (bicyclic) bond motifs is 1. The van der Waals surface area contributed by atoms with Crippen LogP contribution in [0.2, 0.25) is 0 Å². The molecule has 2 saturated heterocycles. The number of carbonyl (C=O) groups is 1. The summed E-state index contributed by atoms with van der Waals surface area (Å²) in [5, 5.41) is 12.2. The Kier molecular flexibility index (Phi) is 4.78. The molecule has 0 aliphatic carbocycles. The quantitative estimate of drug-likeness (QED) is 0.912. The Morgan fingerprint density at radius 1 is 1.24 bits per heavy atom. The van der Waals surface area contributed by atoms with E-state index < -0.39 is 5.60 Å². The zero-order valence-corrected chi connectivity index (χ0v) is 15.1. The minimum absolute atomic E-state index is 0.00783. The van der Waals surface area contributed by atoms with Crippen molar-refractivity contribution in [2.75, 3.05) is 45.9 Å². The summed E-state index contributed by atoms with van der Waals surface area (Å²) < 4.78 is 6.74. The number of aliphatic hydroxyl groups is 1. The van der Waals surface area contributed by atoms with E-state index in [1.807, 2.05) is 30.3 Å². The molecular weight excluding hydrogens is 336 g/mol. The highest BCUT2D eigenvalue weighted by Crippen LogP contribution is 2.27. The number of hydrogen-bond acceptors (Lipinski definition) is 5. The molecule has 1 aromatic heterocycles. The van der Waals surface area contributed by atoms with Gasteiger partial charge in [-0.15, -0.1) is 11.3 Å². The number of likely N-dealkylation sites (tertiary alicyclic amines) is 1. The number of carbonyl (C=O) groups excluding carboxylic acids is 1. The molecule has 1 atom stereocenters. The molecule has 25 heavy (non-hydrogen) atoms. The van der Waals surface area contributed by atoms with E-state index in [4.69, 9.17) is 4.74 Å². The second-order valence-corrected chi connectivity index (χ2v) is 8.22. The lowest BCUT2D eigenvalue weighted by Crippen LogP contribution is -2.52. The van der Waals surface area contributed by atoms with Crippen LogP contribution in [-0.4, -0.2) is 72.4 Å². The number of hydrogen-bond donors (Lipinski definition) is 1. The fourth-order valence-electron chi connectivity index (χ4n) is 3.79. The molecule has 2 fully saturated rings. The topological polar surface area (TPSA) is 53.0 Å². The lowest BCUT2D eigenvalue weighted by molar-refractivity contribution is -0.0524. The maximum Gasteiger partial charge on any atom is 0.264 e. The summed E-state index contributed by atoms with van der Waals surface area (Å²) in [5.74, 6) is -0.00783. The van der Waals surface area contributed by atoms with E-state index in [0.29, 0.717) is 32.8 Å². The normalized spacial score (nSPS) is 25.4. The molecule has 3 heterocycles. The Bertz CT molecular complexity index is 723. The first-order chi connectivity index (χ1) is 12.1. The first-order valence-corrected chi connectivity index (χ1v) is 9.75. The first-order valence-electron chi connectivity index (χ1n) is 8.93. The number of thiophene rings is 1. The third kappa shape index (κ3) is 3.72. The molecule has 2 aliphatic heterocycles. The zero-order chi connectivity index (χ0) is 17.3. The van der Waals surface area contributed by atoms with Crippen LogP contribution in [0.4, 0.5) is 0 Å². The second kappa shape index (κ2) is 7.03. The Morgan fingerprint density at radius 2 is 2.04 bits per heavy atom. The van der Waals surface area contributed by atoms with Crippen molar-refractivity contribution in [2.45, 2.75) is 18.4 Å². The SMILES string of the molecule is O=C(c1cc2ccccc2s1)N1CCOC[C@@](O)(CN2CCCC2)C1. The van der Waals surface area contributed by atoms with Crippen molar-refractivity contribution in [1.29, 1.82) is 0 Å². The smallest absolute Gasteiger partial charge is 0.264 e. The van der Waals surface area contributed by atoms with Crippen LogP contribution in [0, 0.1) is 0 Å². The lowest BCUT2D eigenvalue weighted by atomic mass is 10.0. The van der Waals surface area contributed by atoms with Crippen LogP contribution < -0.4 is 0 Å². The predicted octanol–water partition coefficient (Wildman–Crippen LogP) is 2.20. The van der Waals surface area contributed by atoms with Crippen LogP contribution in [-0.2, 0) is 4.74 Å². The van der Waals surface area contributed by atoms with Crippen LogP contribution in [0.5, 0.6) is 0 Å². The summed E-state index contributed by atoms with van der Waals surface area (Å²) in [4.78, 5) is 17.8. The fraction of sp³-hybridized carbons (Fsp3) is 0.526. The van der Waals surface area contributed by atoms with Gasteiger partial charge in [-0.1, -0.05) is 18.2 Å². The van der Waals surface area contributed by atoms with Crippen molar-refractivity contribution < 1.29 is 14.6 Å². The van der Waals surface area contributed by atoms with Gasteiger partial charge in [0.25, 0.3) is 5.91 Å². The Labute approximate surface area is 151 Å². The van der Waals surface area contributed by atoms with Gasteiger partial charge in [0.15, 0.2) is 0 Å². The van der Waals surface area contributed by atoms with Gasteiger partial charge in [-0.2, -0.15) is 0 Å². The summed E-state index contributed by atoms with van der Waals surface area (Å²) in [6, 6.07) is 9.98. The van der Waals surface area contributed by atoms with Crippen molar-refractivity contribution in [3.8, 4) is 0 Å². The van der Waals surface area contributed by atoms with Crippen molar-refractivity contribution in [2.24, 2.45) is 0 Å². The molecule has 1 N–H and O–H groups in total. The van der Waals surface area contributed by atoms with E-state index in [2.05, 4.69) is 4.90 Å². The molecule has 4 rings (SSSR count). The number of benzene rings is 1. The van der Waals surface area contributed by atoms with E-state index in [9.17, 15) is 9.90 Å². The van der Waals surface area contributed by atoms with Gasteiger partial charge >= 0.3 is 0 Å². The monoisotopic (exact) mass is 360 g/mol. The minimum atomic E-state index is -0.993. The summed E-state index contributed by atoms with van der Waals surface area (Å²) in [6.45, 7) is 4.23. The molecule has 1 amide bonds. The van der Waals surface area contributed by atoms with E-state index in [1.54, 1.807) is 4.90 Å². The van der Waals surface area contributed by atoms with Crippen LogP contribution in [0.25, 0.3) is 10.1 Å². The zero-order valence-electron chi connectivity index (χ0n) is 14.3. The Morgan fingerprint density at radius 3 is 2.84 bits per heavy atom. The predicted molar refractivity (Wildman–Crippen MR) is 99.2 cm³/mol. The van der Waals surface area contributed by atoms with Crippen LogP contribution in [0.15, 0.2) is 30.3 Å². The summed E-state index contributed by atoms with van der Waals surface area (Å²) >= 11 is 1.51. The minimum Gasteiger partial charge on any atom is -0.384 e. The number of ether oxygens (including phenoxy) is 1. The summed E-state index contributed by atoms with van der Waals surface area (Å²) in [6.07, 6.45) is 2.36. The maximum absolute atomic E-state index is 13.0. The molecule has 0 unspecified atom stereocenters. The molecule has 2 aromatic rings. The average Bonchev–Trinajstić information content (AvgIpc) is 3.21. The van der Waals surface area contributed by atoms with Crippen LogP contribution in [0.1, 0.15) is 22.5 Å². The third-order valence-corrected chi connectivity index (χ3v) is 6.11. The molecule has 0 radical (unpaired) electrons. The first kappa shape index (κ1) is 17.0. The van der Waals surface area contributed by atoms with E-state index in [0.717, 1.165) is 28.1 Å².